The summed E-state index contributed by atoms with van der Waals surface area (Å²) in [6.45, 7) is -1.63. The minimum absolute atomic E-state index is 0.129. The van der Waals surface area contributed by atoms with Gasteiger partial charge in [-0.1, -0.05) is 0 Å². The number of hydrogen-bond acceptors (Lipinski definition) is 16. The number of fused-ring (bicyclic) bond motifs is 1. The highest BCUT2D eigenvalue weighted by molar-refractivity contribution is 5.88. The second-order valence-electron chi connectivity index (χ2n) is 10.1. The van der Waals surface area contributed by atoms with E-state index in [9.17, 15) is 55.9 Å². The Kier molecular flexibility index (Phi) is 8.77. The molecular weight excluding hydrogens is 580 g/mol. The monoisotopic (exact) mass is 610 g/mol. The van der Waals surface area contributed by atoms with Crippen molar-refractivity contribution in [1.29, 1.82) is 0 Å². The molecule has 2 saturated heterocycles. The van der Waals surface area contributed by atoms with E-state index in [1.54, 1.807) is 0 Å². The third-order valence-corrected chi connectivity index (χ3v) is 7.25. The van der Waals surface area contributed by atoms with E-state index in [2.05, 4.69) is 0 Å². The van der Waals surface area contributed by atoms with Crippen LogP contribution in [0.1, 0.15) is 0 Å². The van der Waals surface area contributed by atoms with Gasteiger partial charge in [0.25, 0.3) is 0 Å². The topological polar surface area (TPSA) is 269 Å². The summed E-state index contributed by atoms with van der Waals surface area (Å²) in [7, 11) is 0. The predicted molar refractivity (Wildman–Crippen MR) is 140 cm³/mol. The molecule has 2 fully saturated rings. The molecule has 0 radical (unpaired) electrons. The highest BCUT2D eigenvalue weighted by atomic mass is 16.8. The zero-order valence-electron chi connectivity index (χ0n) is 22.1. The van der Waals surface area contributed by atoms with Crippen molar-refractivity contribution in [2.75, 3.05) is 13.2 Å². The zero-order chi connectivity index (χ0) is 31.2. The van der Waals surface area contributed by atoms with Gasteiger partial charge in [-0.15, -0.1) is 0 Å². The van der Waals surface area contributed by atoms with E-state index >= 15 is 0 Å². The summed E-state index contributed by atoms with van der Waals surface area (Å²) in [6, 6.07) is 7.20. The molecule has 3 heterocycles. The number of aromatic hydroxyl groups is 3. The Labute approximate surface area is 241 Å². The Bertz CT molecular complexity index is 1490. The van der Waals surface area contributed by atoms with Crippen LogP contribution in [0, 0.1) is 0 Å². The largest absolute Gasteiger partial charge is 0.508 e. The molecule has 0 amide bonds. The van der Waals surface area contributed by atoms with Crippen molar-refractivity contribution >= 4 is 11.0 Å². The van der Waals surface area contributed by atoms with Gasteiger partial charge in [0.15, 0.2) is 18.2 Å². The van der Waals surface area contributed by atoms with E-state index in [0.717, 1.165) is 12.1 Å². The molecule has 10 N–H and O–H groups in total. The normalized spacial score (nSPS) is 33.0. The van der Waals surface area contributed by atoms with Gasteiger partial charge in [-0.3, -0.25) is 4.79 Å². The third-order valence-electron chi connectivity index (χ3n) is 7.25. The van der Waals surface area contributed by atoms with E-state index in [4.69, 9.17) is 23.4 Å². The first-order valence-corrected chi connectivity index (χ1v) is 13.0. The van der Waals surface area contributed by atoms with Gasteiger partial charge in [0.05, 0.1) is 13.2 Å². The number of ether oxygens (including phenoxy) is 4. The van der Waals surface area contributed by atoms with Gasteiger partial charge in [0.1, 0.15) is 70.9 Å². The maximum Gasteiger partial charge on any atom is 0.239 e. The van der Waals surface area contributed by atoms with Crippen LogP contribution in [0.25, 0.3) is 22.3 Å². The van der Waals surface area contributed by atoms with Crippen molar-refractivity contribution in [3.8, 4) is 34.3 Å². The summed E-state index contributed by atoms with van der Waals surface area (Å²) in [5.74, 6) is -2.15. The van der Waals surface area contributed by atoms with Gasteiger partial charge in [-0.2, -0.15) is 0 Å². The van der Waals surface area contributed by atoms with Crippen LogP contribution in [0.5, 0.6) is 23.0 Å². The molecule has 16 heteroatoms. The van der Waals surface area contributed by atoms with Crippen molar-refractivity contribution < 1.29 is 74.4 Å². The first-order valence-electron chi connectivity index (χ1n) is 13.0. The van der Waals surface area contributed by atoms with E-state index < -0.39 is 103 Å². The highest BCUT2D eigenvalue weighted by Crippen LogP contribution is 2.38. The summed E-state index contributed by atoms with van der Waals surface area (Å²) in [4.78, 5) is 13.7. The Balaban J connectivity index is 1.60. The standard InChI is InChI=1S/C27H30O16/c28-7-14-17(33)20(36)22(38)26(40-14)43-25-21(37)18(34)15(8-29)41-27(25)42-24-19(35)16-12(32)5-11(31)6-13(16)39-23(24)9-1-3-10(30)4-2-9/h1-6,14-15,17-18,20-22,25-34,36-38H,7-8H2/t14-,15-,17-,18-,20+,21+,22-,25-,26+,27+/m0/s1. The Morgan fingerprint density at radius 3 is 1.95 bits per heavy atom. The first-order chi connectivity index (χ1) is 20.4. The SMILES string of the molecule is O=c1c(O[C@H]2O[C@@H](CO)[C@H](O)[C@@H](O)[C@@H]2O[C@H]2O[C@@H](CO)[C@H](O)[C@@H](O)[C@@H]2O)c(-c2ccc(O)cc2)oc2cc(O)cc(O)c12. The molecule has 1 aromatic heterocycles. The van der Waals surface area contributed by atoms with E-state index in [0.29, 0.717) is 0 Å². The van der Waals surface area contributed by atoms with Gasteiger partial charge in [-0.05, 0) is 24.3 Å². The number of hydrogen-bond donors (Lipinski definition) is 10. The second kappa shape index (κ2) is 12.2. The lowest BCUT2D eigenvalue weighted by atomic mass is 9.97. The summed E-state index contributed by atoms with van der Waals surface area (Å²) in [6.07, 6.45) is -17.7. The molecule has 10 atom stereocenters. The molecule has 234 valence electrons. The van der Waals surface area contributed by atoms with Crippen molar-refractivity contribution in [3.05, 3.63) is 46.6 Å². The van der Waals surface area contributed by atoms with Gasteiger partial charge in [-0.25, -0.2) is 0 Å². The molecular formula is C27H30O16. The fraction of sp³-hybridized carbons (Fsp3) is 0.444. The molecule has 2 aromatic carbocycles. The van der Waals surface area contributed by atoms with Gasteiger partial charge in [0.2, 0.25) is 17.5 Å². The van der Waals surface area contributed by atoms with Crippen molar-refractivity contribution in [1.82, 2.24) is 0 Å². The average molecular weight is 611 g/mol. The number of benzene rings is 2. The number of rotatable bonds is 7. The summed E-state index contributed by atoms with van der Waals surface area (Å²) in [5, 5.41) is 101. The summed E-state index contributed by atoms with van der Waals surface area (Å²) < 4.78 is 28.3. The van der Waals surface area contributed by atoms with E-state index in [1.807, 2.05) is 0 Å². The minimum atomic E-state index is -1.93. The van der Waals surface area contributed by atoms with E-state index in [1.165, 1.54) is 24.3 Å². The minimum Gasteiger partial charge on any atom is -0.508 e. The lowest BCUT2D eigenvalue weighted by molar-refractivity contribution is -0.358. The molecule has 3 aromatic rings. The van der Waals surface area contributed by atoms with E-state index in [-0.39, 0.29) is 22.7 Å². The number of phenols is 3. The molecule has 43 heavy (non-hydrogen) atoms. The number of phenolic OH excluding ortho intramolecular Hbond substituents is 3. The van der Waals surface area contributed by atoms with Gasteiger partial charge < -0.3 is 74.4 Å². The molecule has 0 unspecified atom stereocenters. The second-order valence-corrected chi connectivity index (χ2v) is 10.1. The smallest absolute Gasteiger partial charge is 0.239 e. The molecule has 2 aliphatic rings. The number of aliphatic hydroxyl groups is 7. The maximum atomic E-state index is 13.7. The predicted octanol–water partition coefficient (Wildman–Crippen LogP) is -2.42. The molecule has 0 saturated carbocycles. The van der Waals surface area contributed by atoms with Gasteiger partial charge in [0, 0.05) is 17.7 Å². The van der Waals surface area contributed by atoms with Crippen LogP contribution in [0.15, 0.2) is 45.6 Å². The van der Waals surface area contributed by atoms with Crippen molar-refractivity contribution in [2.45, 2.75) is 61.4 Å². The average Bonchev–Trinajstić information content (AvgIpc) is 2.97. The summed E-state index contributed by atoms with van der Waals surface area (Å²) >= 11 is 0. The summed E-state index contributed by atoms with van der Waals surface area (Å²) in [5.41, 5.74) is -1.07. The molecule has 5 rings (SSSR count). The van der Waals surface area contributed by atoms with Gasteiger partial charge >= 0.3 is 0 Å². The molecule has 0 spiro atoms. The molecule has 16 nitrogen and oxygen atoms in total. The molecule has 2 aliphatic heterocycles. The third kappa shape index (κ3) is 5.73. The lowest BCUT2D eigenvalue weighted by Crippen LogP contribution is -2.65. The highest BCUT2D eigenvalue weighted by Gasteiger charge is 2.51. The van der Waals surface area contributed by atoms with Crippen molar-refractivity contribution in [3.63, 3.8) is 0 Å². The van der Waals surface area contributed by atoms with Crippen LogP contribution < -0.4 is 10.2 Å². The van der Waals surface area contributed by atoms with Crippen LogP contribution in [0.3, 0.4) is 0 Å². The van der Waals surface area contributed by atoms with Crippen LogP contribution in [0.4, 0.5) is 0 Å². The number of aliphatic hydroxyl groups excluding tert-OH is 7. The fourth-order valence-electron chi connectivity index (χ4n) is 4.92. The quantitative estimate of drug-likeness (QED) is 0.133. The van der Waals surface area contributed by atoms with Crippen LogP contribution in [-0.2, 0) is 14.2 Å². The fourth-order valence-corrected chi connectivity index (χ4v) is 4.92. The van der Waals surface area contributed by atoms with Crippen LogP contribution >= 0.6 is 0 Å². The van der Waals surface area contributed by atoms with Crippen molar-refractivity contribution in [2.24, 2.45) is 0 Å². The molecule has 0 aliphatic carbocycles. The Morgan fingerprint density at radius 2 is 1.33 bits per heavy atom. The molecule has 0 bridgehead atoms. The Morgan fingerprint density at radius 1 is 0.721 bits per heavy atom. The lowest BCUT2D eigenvalue weighted by Gasteiger charge is -2.45. The Hall–Kier alpha value is -3.55. The maximum absolute atomic E-state index is 13.7. The first kappa shape index (κ1) is 30.9. The zero-order valence-corrected chi connectivity index (χ0v) is 22.1. The van der Waals surface area contributed by atoms with Crippen LogP contribution in [0.2, 0.25) is 0 Å². The van der Waals surface area contributed by atoms with Crippen LogP contribution in [-0.4, -0.2) is 126 Å².